The number of ether oxygens (including phenoxy) is 5. The minimum atomic E-state index is 0.142. The van der Waals surface area contributed by atoms with Gasteiger partial charge in [-0.05, 0) is 48.5 Å². The summed E-state index contributed by atoms with van der Waals surface area (Å²) < 4.78 is 28.9. The number of benzene rings is 4. The summed E-state index contributed by atoms with van der Waals surface area (Å²) in [5.74, 6) is 15.4. The van der Waals surface area contributed by atoms with E-state index in [0.717, 1.165) is 35.5 Å². The first-order chi connectivity index (χ1) is 19.2. The van der Waals surface area contributed by atoms with E-state index in [4.69, 9.17) is 23.7 Å². The van der Waals surface area contributed by atoms with Crippen molar-refractivity contribution in [3.8, 4) is 46.7 Å². The van der Waals surface area contributed by atoms with Crippen LogP contribution in [0.1, 0.15) is 22.3 Å². The summed E-state index contributed by atoms with van der Waals surface area (Å²) in [7, 11) is 0. The Labute approximate surface area is 228 Å². The molecule has 5 nitrogen and oxygen atoms in total. The van der Waals surface area contributed by atoms with Gasteiger partial charge in [-0.1, -0.05) is 60.1 Å². The summed E-state index contributed by atoms with van der Waals surface area (Å²) >= 11 is 0. The van der Waals surface area contributed by atoms with Gasteiger partial charge in [0.05, 0.1) is 13.2 Å². The molecule has 2 saturated heterocycles. The maximum absolute atomic E-state index is 6.33. The second kappa shape index (κ2) is 11.8. The Balaban J connectivity index is 1.29. The molecule has 2 aliphatic rings. The Morgan fingerprint density at radius 1 is 0.513 bits per heavy atom. The van der Waals surface area contributed by atoms with Gasteiger partial charge in [-0.15, -0.1) is 0 Å². The van der Waals surface area contributed by atoms with Gasteiger partial charge in [0.25, 0.3) is 0 Å². The Morgan fingerprint density at radius 3 is 1.31 bits per heavy atom. The first-order valence-electron chi connectivity index (χ1n) is 12.9. The van der Waals surface area contributed by atoms with E-state index < -0.39 is 0 Å². The number of hydrogen-bond donors (Lipinski definition) is 0. The minimum absolute atomic E-state index is 0.142. The summed E-state index contributed by atoms with van der Waals surface area (Å²) in [6.45, 7) is 2.42. The van der Waals surface area contributed by atoms with Gasteiger partial charge in [0.1, 0.15) is 48.4 Å². The van der Waals surface area contributed by atoms with Gasteiger partial charge in [-0.2, -0.15) is 0 Å². The fourth-order valence-electron chi connectivity index (χ4n) is 3.75. The van der Waals surface area contributed by atoms with E-state index >= 15 is 0 Å². The molecule has 5 heteroatoms. The SMILES string of the molecule is C(#Cc1cc(OCC2CO2)cc(Oc2cc(C#Cc3ccccc3)cc(OCC3CO3)c2)c1)c1ccccc1. The summed E-state index contributed by atoms with van der Waals surface area (Å²) in [4.78, 5) is 0. The molecule has 0 aromatic heterocycles. The monoisotopic (exact) mass is 514 g/mol. The zero-order valence-electron chi connectivity index (χ0n) is 21.3. The van der Waals surface area contributed by atoms with E-state index in [1.54, 1.807) is 0 Å². The van der Waals surface area contributed by atoms with E-state index in [0.29, 0.717) is 36.2 Å². The maximum Gasteiger partial charge on any atom is 0.132 e. The molecule has 2 unspecified atom stereocenters. The van der Waals surface area contributed by atoms with Gasteiger partial charge < -0.3 is 23.7 Å². The third-order valence-corrected chi connectivity index (χ3v) is 5.92. The van der Waals surface area contributed by atoms with Crippen molar-refractivity contribution >= 4 is 0 Å². The smallest absolute Gasteiger partial charge is 0.132 e. The normalized spacial score (nSPS) is 16.6. The molecular formula is C34H26O5. The van der Waals surface area contributed by atoms with Crippen LogP contribution in [0.2, 0.25) is 0 Å². The largest absolute Gasteiger partial charge is 0.491 e. The lowest BCUT2D eigenvalue weighted by atomic mass is 10.1. The standard InChI is InChI=1S/C34H26O5/c1-3-7-25(8-4-1)11-13-27-15-29(35-21-33-23-37-33)19-31(17-27)39-32-18-28(14-12-26-9-5-2-6-10-26)16-30(20-32)36-22-34-24-38-34/h1-10,15-20,33-34H,21-24H2. The van der Waals surface area contributed by atoms with Crippen LogP contribution in [-0.2, 0) is 9.47 Å². The van der Waals surface area contributed by atoms with Crippen LogP contribution in [-0.4, -0.2) is 38.6 Å². The van der Waals surface area contributed by atoms with Crippen molar-refractivity contribution in [2.24, 2.45) is 0 Å². The van der Waals surface area contributed by atoms with E-state index in [9.17, 15) is 0 Å². The molecule has 2 fully saturated rings. The second-order valence-corrected chi connectivity index (χ2v) is 9.25. The van der Waals surface area contributed by atoms with Gasteiger partial charge in [-0.3, -0.25) is 0 Å². The van der Waals surface area contributed by atoms with Crippen molar-refractivity contribution in [1.82, 2.24) is 0 Å². The molecule has 0 amide bonds. The molecule has 2 atom stereocenters. The summed E-state index contributed by atoms with van der Waals surface area (Å²) in [6.07, 6.45) is 0.284. The van der Waals surface area contributed by atoms with Crippen LogP contribution in [0.3, 0.4) is 0 Å². The fraction of sp³-hybridized carbons (Fsp3) is 0.176. The molecule has 0 saturated carbocycles. The molecule has 0 spiro atoms. The molecule has 2 aliphatic heterocycles. The average Bonchev–Trinajstić information content (AvgIpc) is 3.90. The number of epoxide rings is 2. The predicted octanol–water partition coefficient (Wildman–Crippen LogP) is 5.83. The zero-order chi connectivity index (χ0) is 26.3. The molecule has 2 heterocycles. The van der Waals surface area contributed by atoms with Gasteiger partial charge >= 0.3 is 0 Å². The van der Waals surface area contributed by atoms with Gasteiger partial charge in [0.2, 0.25) is 0 Å². The van der Waals surface area contributed by atoms with Crippen molar-refractivity contribution < 1.29 is 23.7 Å². The van der Waals surface area contributed by atoms with Gasteiger partial charge in [0.15, 0.2) is 0 Å². The van der Waals surface area contributed by atoms with Crippen LogP contribution in [0, 0.1) is 23.7 Å². The minimum Gasteiger partial charge on any atom is -0.491 e. The van der Waals surface area contributed by atoms with Crippen molar-refractivity contribution in [3.05, 3.63) is 119 Å². The fourth-order valence-corrected chi connectivity index (χ4v) is 3.75. The van der Waals surface area contributed by atoms with E-state index in [2.05, 4.69) is 23.7 Å². The molecular weight excluding hydrogens is 488 g/mol. The van der Waals surface area contributed by atoms with E-state index in [-0.39, 0.29) is 12.2 Å². The van der Waals surface area contributed by atoms with Crippen LogP contribution in [0.15, 0.2) is 97.1 Å². The third-order valence-electron chi connectivity index (χ3n) is 5.92. The highest BCUT2D eigenvalue weighted by Gasteiger charge is 2.24. The lowest BCUT2D eigenvalue weighted by Gasteiger charge is -2.12. The molecule has 0 N–H and O–H groups in total. The Morgan fingerprint density at radius 2 is 0.897 bits per heavy atom. The van der Waals surface area contributed by atoms with Crippen molar-refractivity contribution in [3.63, 3.8) is 0 Å². The quantitative estimate of drug-likeness (QED) is 0.219. The Hall–Kier alpha value is -4.68. The molecule has 0 aliphatic carbocycles. The van der Waals surface area contributed by atoms with Crippen molar-refractivity contribution in [1.29, 1.82) is 0 Å². The van der Waals surface area contributed by atoms with Crippen LogP contribution in [0.5, 0.6) is 23.0 Å². The molecule has 6 rings (SSSR count). The van der Waals surface area contributed by atoms with E-state index in [1.807, 2.05) is 97.1 Å². The second-order valence-electron chi connectivity index (χ2n) is 9.25. The van der Waals surface area contributed by atoms with Crippen molar-refractivity contribution in [2.75, 3.05) is 26.4 Å². The molecule has 0 radical (unpaired) electrons. The average molecular weight is 515 g/mol. The van der Waals surface area contributed by atoms with E-state index in [1.165, 1.54) is 0 Å². The summed E-state index contributed by atoms with van der Waals surface area (Å²) in [5.41, 5.74) is 3.43. The van der Waals surface area contributed by atoms with Crippen molar-refractivity contribution in [2.45, 2.75) is 12.2 Å². The first kappa shape index (κ1) is 24.6. The highest BCUT2D eigenvalue weighted by atomic mass is 16.6. The number of rotatable bonds is 8. The van der Waals surface area contributed by atoms with Crippen LogP contribution < -0.4 is 14.2 Å². The Kier molecular flexibility index (Phi) is 7.45. The van der Waals surface area contributed by atoms with Crippen LogP contribution >= 0.6 is 0 Å². The molecule has 39 heavy (non-hydrogen) atoms. The zero-order valence-corrected chi connectivity index (χ0v) is 21.3. The van der Waals surface area contributed by atoms with Gasteiger partial charge in [-0.25, -0.2) is 0 Å². The number of hydrogen-bond acceptors (Lipinski definition) is 5. The lowest BCUT2D eigenvalue weighted by Crippen LogP contribution is -2.05. The third kappa shape index (κ3) is 7.66. The highest BCUT2D eigenvalue weighted by molar-refractivity contribution is 5.53. The molecule has 4 aromatic carbocycles. The maximum atomic E-state index is 6.33. The van der Waals surface area contributed by atoms with Crippen LogP contribution in [0.25, 0.3) is 0 Å². The Bertz CT molecular complexity index is 1430. The van der Waals surface area contributed by atoms with Gasteiger partial charge in [0, 0.05) is 34.4 Å². The summed E-state index contributed by atoms with van der Waals surface area (Å²) in [5, 5.41) is 0. The van der Waals surface area contributed by atoms with Crippen LogP contribution in [0.4, 0.5) is 0 Å². The topological polar surface area (TPSA) is 52.8 Å². The summed E-state index contributed by atoms with van der Waals surface area (Å²) in [6, 6.07) is 31.1. The molecule has 0 bridgehead atoms. The highest BCUT2D eigenvalue weighted by Crippen LogP contribution is 2.31. The molecule has 192 valence electrons. The predicted molar refractivity (Wildman–Crippen MR) is 148 cm³/mol. The molecule has 4 aromatic rings. The lowest BCUT2D eigenvalue weighted by molar-refractivity contribution is 0.261. The first-order valence-corrected chi connectivity index (χ1v) is 12.9.